The Hall–Kier alpha value is -2.41. The van der Waals surface area contributed by atoms with Gasteiger partial charge < -0.3 is 10.1 Å². The van der Waals surface area contributed by atoms with Crippen LogP contribution in [-0.4, -0.2) is 22.1 Å². The quantitative estimate of drug-likeness (QED) is 0.553. The van der Waals surface area contributed by atoms with Gasteiger partial charge in [0.05, 0.1) is 7.11 Å². The molecule has 1 heterocycles. The minimum Gasteiger partial charge on any atom is -0.467 e. The Labute approximate surface area is 111 Å². The van der Waals surface area contributed by atoms with Crippen LogP contribution in [0.15, 0.2) is 24.3 Å². The number of methoxy groups -OCH3 is 1. The van der Waals surface area contributed by atoms with E-state index < -0.39 is 0 Å². The second-order valence-electron chi connectivity index (χ2n) is 3.75. The number of benzene rings is 1. The lowest BCUT2D eigenvalue weighted by Crippen LogP contribution is -2.13. The molecule has 1 aromatic heterocycles. The Balaban J connectivity index is 2.32. The van der Waals surface area contributed by atoms with Crippen molar-refractivity contribution < 1.29 is 4.74 Å². The Morgan fingerprint density at radius 3 is 2.58 bits per heavy atom. The average Bonchev–Trinajstić information content (AvgIpc) is 2.47. The molecular formula is C12H16N6O. The van der Waals surface area contributed by atoms with E-state index >= 15 is 0 Å². The number of hydrogen-bond acceptors (Lipinski definition) is 7. The van der Waals surface area contributed by atoms with Gasteiger partial charge >= 0.3 is 6.01 Å². The number of anilines is 3. The minimum atomic E-state index is 0.194. The lowest BCUT2D eigenvalue weighted by atomic mass is 10.1. The zero-order valence-electron chi connectivity index (χ0n) is 10.8. The van der Waals surface area contributed by atoms with Crippen LogP contribution in [0, 0.1) is 0 Å². The number of para-hydroxylation sites is 1. The summed E-state index contributed by atoms with van der Waals surface area (Å²) in [6, 6.07) is 8.14. The molecule has 0 aliphatic rings. The van der Waals surface area contributed by atoms with Crippen LogP contribution in [-0.2, 0) is 6.42 Å². The first kappa shape index (κ1) is 13.0. The van der Waals surface area contributed by atoms with Crippen LogP contribution in [0.5, 0.6) is 6.01 Å². The first-order valence-corrected chi connectivity index (χ1v) is 5.88. The van der Waals surface area contributed by atoms with E-state index in [1.54, 1.807) is 0 Å². The van der Waals surface area contributed by atoms with Crippen molar-refractivity contribution in [2.24, 2.45) is 5.84 Å². The van der Waals surface area contributed by atoms with Gasteiger partial charge in [0.2, 0.25) is 11.9 Å². The van der Waals surface area contributed by atoms with Gasteiger partial charge in [-0.1, -0.05) is 25.1 Å². The molecule has 0 aliphatic heterocycles. The number of nitrogens with two attached hydrogens (primary N) is 1. The van der Waals surface area contributed by atoms with Crippen LogP contribution in [0.25, 0.3) is 0 Å². The van der Waals surface area contributed by atoms with Crippen molar-refractivity contribution in [2.75, 3.05) is 17.9 Å². The number of nitrogen functional groups attached to an aromatic ring is 1. The van der Waals surface area contributed by atoms with Gasteiger partial charge in [0.1, 0.15) is 0 Å². The molecule has 4 N–H and O–H groups in total. The lowest BCUT2D eigenvalue weighted by Gasteiger charge is -2.10. The molecule has 0 amide bonds. The van der Waals surface area contributed by atoms with Crippen LogP contribution in [0.1, 0.15) is 12.5 Å². The molecule has 2 rings (SSSR count). The van der Waals surface area contributed by atoms with E-state index in [0.717, 1.165) is 12.1 Å². The number of aromatic nitrogens is 3. The molecule has 0 unspecified atom stereocenters. The molecule has 2 aromatic rings. The molecule has 0 aliphatic carbocycles. The van der Waals surface area contributed by atoms with E-state index in [9.17, 15) is 0 Å². The van der Waals surface area contributed by atoms with Crippen LogP contribution in [0.2, 0.25) is 0 Å². The number of nitrogens with one attached hydrogen (secondary N) is 2. The van der Waals surface area contributed by atoms with Gasteiger partial charge in [-0.05, 0) is 18.1 Å². The normalized spacial score (nSPS) is 10.1. The predicted octanol–water partition coefficient (Wildman–Crippen LogP) is 1.47. The molecule has 1 aromatic carbocycles. The van der Waals surface area contributed by atoms with Crippen LogP contribution in [0.3, 0.4) is 0 Å². The number of hydrogen-bond donors (Lipinski definition) is 3. The second kappa shape index (κ2) is 5.96. The molecular weight excluding hydrogens is 244 g/mol. The maximum atomic E-state index is 5.31. The fourth-order valence-electron chi connectivity index (χ4n) is 1.64. The molecule has 0 radical (unpaired) electrons. The van der Waals surface area contributed by atoms with Gasteiger partial charge in [0.15, 0.2) is 0 Å². The Bertz CT molecular complexity index is 537. The van der Waals surface area contributed by atoms with Crippen LogP contribution < -0.4 is 21.3 Å². The SMILES string of the molecule is CCc1ccccc1Nc1nc(NN)nc(OC)n1. The standard InChI is InChI=1S/C12H16N6O/c1-3-8-6-4-5-7-9(8)14-10-15-11(18-13)17-12(16-10)19-2/h4-7H,3,13H2,1-2H3,(H2,14,15,16,17,18). The highest BCUT2D eigenvalue weighted by atomic mass is 16.5. The van der Waals surface area contributed by atoms with Crippen molar-refractivity contribution in [3.63, 3.8) is 0 Å². The topological polar surface area (TPSA) is 98.0 Å². The van der Waals surface area contributed by atoms with Crippen molar-refractivity contribution >= 4 is 17.6 Å². The lowest BCUT2D eigenvalue weighted by molar-refractivity contribution is 0.379. The van der Waals surface area contributed by atoms with Crippen molar-refractivity contribution in [3.05, 3.63) is 29.8 Å². The molecule has 100 valence electrons. The number of nitrogens with zero attached hydrogens (tertiary/aromatic N) is 3. The summed E-state index contributed by atoms with van der Waals surface area (Å²) in [5.74, 6) is 5.92. The van der Waals surface area contributed by atoms with Gasteiger partial charge in [-0.3, -0.25) is 5.43 Å². The summed E-state index contributed by atoms with van der Waals surface area (Å²) in [5, 5.41) is 3.14. The number of rotatable bonds is 5. The summed E-state index contributed by atoms with van der Waals surface area (Å²) < 4.78 is 4.99. The van der Waals surface area contributed by atoms with Crippen LogP contribution >= 0.6 is 0 Å². The number of aryl methyl sites for hydroxylation is 1. The van der Waals surface area contributed by atoms with Crippen molar-refractivity contribution in [1.29, 1.82) is 0 Å². The van der Waals surface area contributed by atoms with Crippen molar-refractivity contribution in [3.8, 4) is 6.01 Å². The molecule has 0 spiro atoms. The highest BCUT2D eigenvalue weighted by Gasteiger charge is 2.07. The summed E-state index contributed by atoms with van der Waals surface area (Å²) in [6.45, 7) is 2.08. The maximum absolute atomic E-state index is 5.31. The Morgan fingerprint density at radius 1 is 1.16 bits per heavy atom. The molecule has 7 heteroatoms. The fourth-order valence-corrected chi connectivity index (χ4v) is 1.64. The van der Waals surface area contributed by atoms with E-state index in [1.807, 2.05) is 24.3 Å². The summed E-state index contributed by atoms with van der Waals surface area (Å²) in [7, 11) is 1.49. The minimum absolute atomic E-state index is 0.194. The van der Waals surface area contributed by atoms with Gasteiger partial charge in [-0.15, -0.1) is 0 Å². The third-order valence-corrected chi connectivity index (χ3v) is 2.57. The van der Waals surface area contributed by atoms with E-state index in [0.29, 0.717) is 5.95 Å². The van der Waals surface area contributed by atoms with Crippen molar-refractivity contribution in [1.82, 2.24) is 15.0 Å². The second-order valence-corrected chi connectivity index (χ2v) is 3.75. The fraction of sp³-hybridized carbons (Fsp3) is 0.250. The van der Waals surface area contributed by atoms with Gasteiger partial charge in [-0.25, -0.2) is 5.84 Å². The molecule has 0 bridgehead atoms. The van der Waals surface area contributed by atoms with E-state index in [1.165, 1.54) is 12.7 Å². The average molecular weight is 260 g/mol. The molecule has 0 saturated carbocycles. The van der Waals surface area contributed by atoms with Gasteiger partial charge in [0.25, 0.3) is 0 Å². The molecule has 7 nitrogen and oxygen atoms in total. The molecule has 19 heavy (non-hydrogen) atoms. The molecule has 0 fully saturated rings. The zero-order valence-corrected chi connectivity index (χ0v) is 10.8. The third kappa shape index (κ3) is 3.08. The van der Waals surface area contributed by atoms with Gasteiger partial charge in [0, 0.05) is 5.69 Å². The first-order valence-electron chi connectivity index (χ1n) is 5.88. The summed E-state index contributed by atoms with van der Waals surface area (Å²) in [4.78, 5) is 12.2. The molecule has 0 atom stereocenters. The van der Waals surface area contributed by atoms with Gasteiger partial charge in [-0.2, -0.15) is 15.0 Å². The largest absolute Gasteiger partial charge is 0.467 e. The summed E-state index contributed by atoms with van der Waals surface area (Å²) >= 11 is 0. The summed E-state index contributed by atoms with van der Waals surface area (Å²) in [5.41, 5.74) is 4.49. The Kier molecular flexibility index (Phi) is 4.09. The van der Waals surface area contributed by atoms with Crippen LogP contribution in [0.4, 0.5) is 17.6 Å². The smallest absolute Gasteiger partial charge is 0.322 e. The van der Waals surface area contributed by atoms with E-state index in [2.05, 4.69) is 32.6 Å². The number of ether oxygens (including phenoxy) is 1. The highest BCUT2D eigenvalue weighted by Crippen LogP contribution is 2.20. The summed E-state index contributed by atoms with van der Waals surface area (Å²) in [6.07, 6.45) is 0.910. The zero-order chi connectivity index (χ0) is 13.7. The number of hydrazine groups is 1. The highest BCUT2D eigenvalue weighted by molar-refractivity contribution is 5.59. The monoisotopic (exact) mass is 260 g/mol. The van der Waals surface area contributed by atoms with Crippen molar-refractivity contribution in [2.45, 2.75) is 13.3 Å². The first-order chi connectivity index (χ1) is 9.26. The Morgan fingerprint density at radius 2 is 1.89 bits per heavy atom. The third-order valence-electron chi connectivity index (χ3n) is 2.57. The van der Waals surface area contributed by atoms with E-state index in [4.69, 9.17) is 10.6 Å². The predicted molar refractivity (Wildman–Crippen MR) is 73.3 cm³/mol. The maximum Gasteiger partial charge on any atom is 0.322 e. The molecule has 0 saturated heterocycles. The van der Waals surface area contributed by atoms with E-state index in [-0.39, 0.29) is 12.0 Å².